The molecule has 1 N–H and O–H groups in total. The van der Waals surface area contributed by atoms with Crippen LogP contribution in [0, 0.1) is 6.92 Å². The molecule has 1 fully saturated rings. The fraction of sp³-hybridized carbons (Fsp3) is 0.207. The molecule has 1 saturated heterocycles. The van der Waals surface area contributed by atoms with Crippen LogP contribution in [0.3, 0.4) is 0 Å². The third kappa shape index (κ3) is 6.23. The van der Waals surface area contributed by atoms with Gasteiger partial charge in [0.2, 0.25) is 0 Å². The predicted octanol–water partition coefficient (Wildman–Crippen LogP) is 6.37. The van der Waals surface area contributed by atoms with Gasteiger partial charge < -0.3 is 10.1 Å². The van der Waals surface area contributed by atoms with Crippen LogP contribution in [-0.4, -0.2) is 28.6 Å². The maximum absolute atomic E-state index is 12.8. The maximum atomic E-state index is 12.8. The number of nitrogens with zero attached hydrogens (tertiary/aromatic N) is 1. The summed E-state index contributed by atoms with van der Waals surface area (Å²) in [5, 5.41) is 2.62. The number of aryl methyl sites for hydroxylation is 1. The van der Waals surface area contributed by atoms with E-state index in [-0.39, 0.29) is 30.2 Å². The largest absolute Gasteiger partial charge is 0.484 e. The third-order valence-corrected chi connectivity index (χ3v) is 6.65. The summed E-state index contributed by atoms with van der Waals surface area (Å²) in [5.74, 6) is 0.282. The summed E-state index contributed by atoms with van der Waals surface area (Å²) in [4.78, 5) is 39.2. The van der Waals surface area contributed by atoms with Gasteiger partial charge in [-0.25, -0.2) is 0 Å². The first-order valence-corrected chi connectivity index (χ1v) is 12.5. The second-order valence-corrected chi connectivity index (χ2v) is 9.89. The molecule has 0 aromatic heterocycles. The number of carbonyl (C=O) groups is 3. The second kappa shape index (κ2) is 11.3. The predicted molar refractivity (Wildman–Crippen MR) is 144 cm³/mol. The number of carbonyl (C=O) groups excluding carboxylic acids is 3. The van der Waals surface area contributed by atoms with Crippen LogP contribution in [0.2, 0.25) is 0 Å². The molecule has 0 atom stereocenters. The van der Waals surface area contributed by atoms with Crippen molar-refractivity contribution < 1.29 is 19.1 Å². The number of anilines is 1. The standard InChI is InChI=1S/C29H28N2O4S/c1-19(2)24-6-4-5-7-25(24)30-27(32)18-35-23-14-12-21(13-15-23)16-26-28(33)31(29(34)36-26)17-22-10-8-20(3)9-11-22/h4-16,19H,17-18H2,1-3H3,(H,30,32)/b26-16-. The zero-order chi connectivity index (χ0) is 25.7. The molecular weight excluding hydrogens is 472 g/mol. The molecule has 3 amide bonds. The molecule has 0 spiro atoms. The Bertz CT molecular complexity index is 1300. The molecule has 6 nitrogen and oxygen atoms in total. The fourth-order valence-corrected chi connectivity index (χ4v) is 4.61. The first-order chi connectivity index (χ1) is 17.3. The Morgan fingerprint density at radius 2 is 1.69 bits per heavy atom. The molecule has 1 aliphatic rings. The Balaban J connectivity index is 1.34. The van der Waals surface area contributed by atoms with Crippen molar-refractivity contribution in [2.75, 3.05) is 11.9 Å². The van der Waals surface area contributed by atoms with Gasteiger partial charge in [-0.05, 0) is 65.6 Å². The van der Waals surface area contributed by atoms with E-state index in [4.69, 9.17) is 4.74 Å². The van der Waals surface area contributed by atoms with Gasteiger partial charge in [0.15, 0.2) is 6.61 Å². The lowest BCUT2D eigenvalue weighted by molar-refractivity contribution is -0.123. The van der Waals surface area contributed by atoms with Gasteiger partial charge >= 0.3 is 0 Å². The maximum Gasteiger partial charge on any atom is 0.293 e. The van der Waals surface area contributed by atoms with Gasteiger partial charge in [0.1, 0.15) is 5.75 Å². The molecule has 0 aliphatic carbocycles. The van der Waals surface area contributed by atoms with E-state index >= 15 is 0 Å². The summed E-state index contributed by atoms with van der Waals surface area (Å²) < 4.78 is 5.63. The lowest BCUT2D eigenvalue weighted by Crippen LogP contribution is -2.27. The van der Waals surface area contributed by atoms with Crippen LogP contribution in [0.15, 0.2) is 77.7 Å². The van der Waals surface area contributed by atoms with Gasteiger partial charge in [-0.2, -0.15) is 0 Å². The number of benzene rings is 3. The minimum absolute atomic E-state index is 0.121. The van der Waals surface area contributed by atoms with Crippen LogP contribution in [-0.2, 0) is 16.1 Å². The zero-order valence-electron chi connectivity index (χ0n) is 20.5. The van der Waals surface area contributed by atoms with Gasteiger partial charge in [-0.1, -0.05) is 74.0 Å². The van der Waals surface area contributed by atoms with Crippen LogP contribution in [0.1, 0.15) is 42.0 Å². The van der Waals surface area contributed by atoms with Gasteiger partial charge in [0, 0.05) is 5.69 Å². The molecule has 1 aliphatic heterocycles. The average molecular weight is 501 g/mol. The molecule has 184 valence electrons. The van der Waals surface area contributed by atoms with Crippen molar-refractivity contribution in [3.8, 4) is 5.75 Å². The number of rotatable bonds is 8. The number of amides is 3. The quantitative estimate of drug-likeness (QED) is 0.364. The van der Waals surface area contributed by atoms with Crippen LogP contribution < -0.4 is 10.1 Å². The number of hydrogen-bond acceptors (Lipinski definition) is 5. The summed E-state index contributed by atoms with van der Waals surface area (Å²) in [5.41, 5.74) is 4.64. The molecule has 0 radical (unpaired) electrons. The molecule has 0 bridgehead atoms. The molecule has 4 rings (SSSR count). The number of ether oxygens (including phenoxy) is 1. The number of imide groups is 1. The first kappa shape index (κ1) is 25.3. The monoisotopic (exact) mass is 500 g/mol. The second-order valence-electron chi connectivity index (χ2n) is 8.90. The smallest absolute Gasteiger partial charge is 0.293 e. The van der Waals surface area contributed by atoms with Crippen molar-refractivity contribution in [3.05, 3.63) is 100.0 Å². The highest BCUT2D eigenvalue weighted by molar-refractivity contribution is 8.18. The van der Waals surface area contributed by atoms with E-state index in [0.717, 1.165) is 39.7 Å². The molecule has 7 heteroatoms. The van der Waals surface area contributed by atoms with Crippen molar-refractivity contribution in [3.63, 3.8) is 0 Å². The Morgan fingerprint density at radius 1 is 1.00 bits per heavy atom. The Hall–Kier alpha value is -3.84. The van der Waals surface area contributed by atoms with Crippen molar-refractivity contribution in [2.24, 2.45) is 0 Å². The lowest BCUT2D eigenvalue weighted by Gasteiger charge is -2.14. The number of thioether (sulfide) groups is 1. The molecular formula is C29H28N2O4S. The van der Waals surface area contributed by atoms with Gasteiger partial charge in [0.25, 0.3) is 17.1 Å². The van der Waals surface area contributed by atoms with E-state index in [0.29, 0.717) is 16.6 Å². The molecule has 3 aromatic carbocycles. The van der Waals surface area contributed by atoms with E-state index < -0.39 is 0 Å². The number of para-hydroxylation sites is 1. The SMILES string of the molecule is Cc1ccc(CN2C(=O)S/C(=C\c3ccc(OCC(=O)Nc4ccccc4C(C)C)cc3)C2=O)cc1. The molecule has 1 heterocycles. The number of hydrogen-bond donors (Lipinski definition) is 1. The van der Waals surface area contributed by atoms with Crippen LogP contribution in [0.25, 0.3) is 6.08 Å². The third-order valence-electron chi connectivity index (χ3n) is 5.74. The van der Waals surface area contributed by atoms with Crippen molar-refractivity contribution in [1.82, 2.24) is 4.90 Å². The molecule has 36 heavy (non-hydrogen) atoms. The zero-order valence-corrected chi connectivity index (χ0v) is 21.3. The van der Waals surface area contributed by atoms with E-state index in [2.05, 4.69) is 19.2 Å². The van der Waals surface area contributed by atoms with Crippen LogP contribution >= 0.6 is 11.8 Å². The molecule has 3 aromatic rings. The van der Waals surface area contributed by atoms with E-state index in [9.17, 15) is 14.4 Å². The topological polar surface area (TPSA) is 75.7 Å². The van der Waals surface area contributed by atoms with Gasteiger partial charge in [-0.3, -0.25) is 19.3 Å². The summed E-state index contributed by atoms with van der Waals surface area (Å²) in [6, 6.07) is 22.5. The van der Waals surface area contributed by atoms with Crippen LogP contribution in [0.5, 0.6) is 5.75 Å². The normalized spacial score (nSPS) is 14.6. The lowest BCUT2D eigenvalue weighted by atomic mass is 10.0. The fourth-order valence-electron chi connectivity index (χ4n) is 3.77. The van der Waals surface area contributed by atoms with E-state index in [1.54, 1.807) is 30.3 Å². The van der Waals surface area contributed by atoms with Crippen LogP contribution in [0.4, 0.5) is 10.5 Å². The minimum Gasteiger partial charge on any atom is -0.484 e. The van der Waals surface area contributed by atoms with Crippen molar-refractivity contribution >= 4 is 40.6 Å². The number of nitrogens with one attached hydrogen (secondary N) is 1. The van der Waals surface area contributed by atoms with Gasteiger partial charge in [0.05, 0.1) is 11.4 Å². The van der Waals surface area contributed by atoms with Gasteiger partial charge in [-0.15, -0.1) is 0 Å². The summed E-state index contributed by atoms with van der Waals surface area (Å²) in [7, 11) is 0. The Labute approximate surface area is 215 Å². The first-order valence-electron chi connectivity index (χ1n) is 11.7. The minimum atomic E-state index is -0.302. The van der Waals surface area contributed by atoms with E-state index in [1.807, 2.05) is 55.5 Å². The highest BCUT2D eigenvalue weighted by atomic mass is 32.2. The summed E-state index contributed by atoms with van der Waals surface area (Å²) >= 11 is 0.936. The molecule has 0 saturated carbocycles. The summed E-state index contributed by atoms with van der Waals surface area (Å²) in [6.07, 6.45) is 1.69. The average Bonchev–Trinajstić information content (AvgIpc) is 3.12. The highest BCUT2D eigenvalue weighted by Crippen LogP contribution is 2.33. The van der Waals surface area contributed by atoms with Crippen molar-refractivity contribution in [1.29, 1.82) is 0 Å². The highest BCUT2D eigenvalue weighted by Gasteiger charge is 2.34. The molecule has 0 unspecified atom stereocenters. The Morgan fingerprint density at radius 3 is 2.39 bits per heavy atom. The van der Waals surface area contributed by atoms with Crippen molar-refractivity contribution in [2.45, 2.75) is 33.2 Å². The Kier molecular flexibility index (Phi) is 7.90. The summed E-state index contributed by atoms with van der Waals surface area (Å²) in [6.45, 7) is 6.27. The van der Waals surface area contributed by atoms with E-state index in [1.165, 1.54) is 4.90 Å².